The molecule has 1 heterocycles. The first kappa shape index (κ1) is 21.0. The van der Waals surface area contributed by atoms with Gasteiger partial charge in [0.15, 0.2) is 0 Å². The van der Waals surface area contributed by atoms with Crippen molar-refractivity contribution < 1.29 is 25.4 Å². The summed E-state index contributed by atoms with van der Waals surface area (Å²) in [6, 6.07) is 0. The SMILES string of the molecule is C[Si](C)OC[C@@]1(C(C)(C)C)C[C@@H](OS(C)(=O)=O)CN1S(C)(=O)=O. The Morgan fingerprint density at radius 2 is 1.70 bits per heavy atom. The van der Waals surface area contributed by atoms with Gasteiger partial charge in [0.05, 0.1) is 30.8 Å². The first-order chi connectivity index (χ1) is 10.1. The molecule has 0 aliphatic carbocycles. The van der Waals surface area contributed by atoms with E-state index in [0.717, 1.165) is 12.5 Å². The van der Waals surface area contributed by atoms with Crippen LogP contribution in [0.3, 0.4) is 0 Å². The first-order valence-electron chi connectivity index (χ1n) is 7.37. The third-order valence-corrected chi connectivity index (χ3v) is 6.76. The van der Waals surface area contributed by atoms with E-state index in [1.165, 1.54) is 4.31 Å². The third-order valence-electron chi connectivity index (χ3n) is 4.12. The molecule has 2 atom stereocenters. The summed E-state index contributed by atoms with van der Waals surface area (Å²) in [6.07, 6.45) is 1.70. The van der Waals surface area contributed by atoms with Crippen molar-refractivity contribution in [1.82, 2.24) is 4.31 Å². The zero-order valence-electron chi connectivity index (χ0n) is 14.9. The molecule has 0 aromatic carbocycles. The number of nitrogens with zero attached hydrogens (tertiary/aromatic N) is 1. The molecule has 0 aromatic heterocycles. The van der Waals surface area contributed by atoms with Crippen molar-refractivity contribution in [1.29, 1.82) is 0 Å². The van der Waals surface area contributed by atoms with E-state index >= 15 is 0 Å². The Bertz CT molecular complexity index is 625. The van der Waals surface area contributed by atoms with Crippen molar-refractivity contribution in [3.8, 4) is 0 Å². The third kappa shape index (κ3) is 5.23. The zero-order valence-corrected chi connectivity index (χ0v) is 17.5. The largest absolute Gasteiger partial charge is 0.415 e. The highest BCUT2D eigenvalue weighted by molar-refractivity contribution is 7.88. The van der Waals surface area contributed by atoms with Crippen LogP contribution in [-0.2, 0) is 28.8 Å². The highest BCUT2D eigenvalue weighted by Gasteiger charge is 2.57. The highest BCUT2D eigenvalue weighted by Crippen LogP contribution is 2.46. The maximum atomic E-state index is 12.3. The van der Waals surface area contributed by atoms with Gasteiger partial charge in [0.25, 0.3) is 10.1 Å². The molecule has 23 heavy (non-hydrogen) atoms. The lowest BCUT2D eigenvalue weighted by atomic mass is 9.73. The second-order valence-electron chi connectivity index (χ2n) is 7.40. The minimum atomic E-state index is -3.66. The van der Waals surface area contributed by atoms with Gasteiger partial charge in [-0.1, -0.05) is 20.8 Å². The summed E-state index contributed by atoms with van der Waals surface area (Å²) < 4.78 is 59.9. The number of hydrogen-bond acceptors (Lipinski definition) is 6. The minimum Gasteiger partial charge on any atom is -0.415 e. The molecule has 1 fully saturated rings. The van der Waals surface area contributed by atoms with Crippen LogP contribution in [0.15, 0.2) is 0 Å². The molecular weight excluding hydrogens is 358 g/mol. The lowest BCUT2D eigenvalue weighted by Gasteiger charge is -2.47. The normalized spacial score (nSPS) is 27.7. The van der Waals surface area contributed by atoms with Gasteiger partial charge in [0.1, 0.15) is 0 Å². The van der Waals surface area contributed by atoms with Crippen LogP contribution in [0.2, 0.25) is 13.1 Å². The molecule has 10 heteroatoms. The highest BCUT2D eigenvalue weighted by atomic mass is 32.2. The van der Waals surface area contributed by atoms with Crippen LogP contribution in [-0.4, -0.2) is 67.5 Å². The molecule has 1 aliphatic heterocycles. The van der Waals surface area contributed by atoms with Crippen LogP contribution in [0.1, 0.15) is 27.2 Å². The van der Waals surface area contributed by atoms with Crippen molar-refractivity contribution in [3.63, 3.8) is 0 Å². The summed E-state index contributed by atoms with van der Waals surface area (Å²) in [5, 5.41) is 0. The Morgan fingerprint density at radius 3 is 2.04 bits per heavy atom. The van der Waals surface area contributed by atoms with Gasteiger partial charge in [-0.3, -0.25) is 4.18 Å². The van der Waals surface area contributed by atoms with Crippen molar-refractivity contribution in [2.45, 2.75) is 51.9 Å². The van der Waals surface area contributed by atoms with E-state index in [4.69, 9.17) is 8.61 Å². The van der Waals surface area contributed by atoms with Crippen LogP contribution in [0, 0.1) is 5.41 Å². The van der Waals surface area contributed by atoms with Gasteiger partial charge in [-0.15, -0.1) is 0 Å². The zero-order chi connectivity index (χ0) is 18.3. The van der Waals surface area contributed by atoms with Crippen LogP contribution in [0.25, 0.3) is 0 Å². The molecule has 0 amide bonds. The van der Waals surface area contributed by atoms with E-state index in [9.17, 15) is 16.8 Å². The van der Waals surface area contributed by atoms with Crippen LogP contribution >= 0.6 is 0 Å². The fraction of sp³-hybridized carbons (Fsp3) is 1.00. The maximum absolute atomic E-state index is 12.3. The minimum absolute atomic E-state index is 0.0159. The Labute approximate surface area is 142 Å². The fourth-order valence-corrected chi connectivity index (χ4v) is 5.58. The quantitative estimate of drug-likeness (QED) is 0.501. The molecule has 0 bridgehead atoms. The first-order valence-corrected chi connectivity index (χ1v) is 13.4. The van der Waals surface area contributed by atoms with Gasteiger partial charge in [-0.05, 0) is 24.9 Å². The molecule has 0 unspecified atom stereocenters. The average Bonchev–Trinajstić information content (AvgIpc) is 2.62. The smallest absolute Gasteiger partial charge is 0.264 e. The van der Waals surface area contributed by atoms with E-state index < -0.39 is 46.2 Å². The maximum Gasteiger partial charge on any atom is 0.264 e. The summed E-state index contributed by atoms with van der Waals surface area (Å²) in [5.74, 6) is 0. The van der Waals surface area contributed by atoms with Gasteiger partial charge in [0.2, 0.25) is 19.1 Å². The van der Waals surface area contributed by atoms with Crippen molar-refractivity contribution in [2.24, 2.45) is 5.41 Å². The van der Waals surface area contributed by atoms with Crippen LogP contribution in [0.4, 0.5) is 0 Å². The van der Waals surface area contributed by atoms with Gasteiger partial charge in [0, 0.05) is 6.54 Å². The lowest BCUT2D eigenvalue weighted by molar-refractivity contribution is 0.0317. The van der Waals surface area contributed by atoms with Crippen molar-refractivity contribution >= 4 is 29.2 Å². The molecule has 0 aromatic rings. The van der Waals surface area contributed by atoms with E-state index in [1.807, 2.05) is 33.9 Å². The van der Waals surface area contributed by atoms with E-state index in [0.29, 0.717) is 0 Å². The monoisotopic (exact) mass is 386 g/mol. The molecule has 1 rings (SSSR count). The van der Waals surface area contributed by atoms with Crippen molar-refractivity contribution in [3.05, 3.63) is 0 Å². The van der Waals surface area contributed by atoms with Gasteiger partial charge < -0.3 is 4.43 Å². The summed E-state index contributed by atoms with van der Waals surface area (Å²) in [5.41, 5.74) is -1.28. The Kier molecular flexibility index (Phi) is 6.14. The number of hydrogen-bond donors (Lipinski definition) is 0. The number of sulfonamides is 1. The van der Waals surface area contributed by atoms with Gasteiger partial charge >= 0.3 is 0 Å². The van der Waals surface area contributed by atoms with Crippen LogP contribution in [0.5, 0.6) is 0 Å². The topological polar surface area (TPSA) is 90.0 Å². The van der Waals surface area contributed by atoms with Crippen LogP contribution < -0.4 is 0 Å². The van der Waals surface area contributed by atoms with E-state index in [2.05, 4.69) is 0 Å². The van der Waals surface area contributed by atoms with Gasteiger partial charge in [-0.25, -0.2) is 8.42 Å². The molecule has 0 spiro atoms. The summed E-state index contributed by atoms with van der Waals surface area (Å²) in [7, 11) is -8.22. The molecule has 1 aliphatic rings. The standard InChI is InChI=1S/C13H28NO6S2Si/c1-12(2,3)13(10-19-23(6)7)8-11(20-22(5,17)18)9-14(13)21(4,15)16/h11H,8-10H2,1-7H3/t11-,13-/m1/s1. The molecule has 7 nitrogen and oxygen atoms in total. The Balaban J connectivity index is 3.31. The Hall–Kier alpha value is -0.00312. The predicted molar refractivity (Wildman–Crippen MR) is 91.5 cm³/mol. The van der Waals surface area contributed by atoms with Crippen molar-refractivity contribution in [2.75, 3.05) is 25.7 Å². The molecule has 1 saturated heterocycles. The average molecular weight is 387 g/mol. The molecule has 0 N–H and O–H groups in total. The fourth-order valence-electron chi connectivity index (χ4n) is 2.96. The molecule has 0 saturated carbocycles. The van der Waals surface area contributed by atoms with E-state index in [1.54, 1.807) is 0 Å². The second-order valence-corrected chi connectivity index (χ2v) is 13.0. The second kappa shape index (κ2) is 6.72. The molecule has 137 valence electrons. The summed E-state index contributed by atoms with van der Waals surface area (Å²) in [6.45, 7) is 10.0. The number of rotatable bonds is 6. The Morgan fingerprint density at radius 1 is 1.17 bits per heavy atom. The van der Waals surface area contributed by atoms with E-state index in [-0.39, 0.29) is 19.6 Å². The lowest BCUT2D eigenvalue weighted by Crippen LogP contribution is -2.58. The molecular formula is C13H28NO6S2Si. The van der Waals surface area contributed by atoms with Gasteiger partial charge in [-0.2, -0.15) is 12.7 Å². The molecule has 1 radical (unpaired) electrons. The predicted octanol–water partition coefficient (Wildman–Crippen LogP) is 1.05. The summed E-state index contributed by atoms with van der Waals surface area (Å²) >= 11 is 0. The summed E-state index contributed by atoms with van der Waals surface area (Å²) in [4.78, 5) is 0.